The minimum atomic E-state index is -0.833. The summed E-state index contributed by atoms with van der Waals surface area (Å²) in [7, 11) is 0. The van der Waals surface area contributed by atoms with Crippen molar-refractivity contribution in [2.75, 3.05) is 13.1 Å². The highest BCUT2D eigenvalue weighted by molar-refractivity contribution is 5.63. The van der Waals surface area contributed by atoms with Crippen molar-refractivity contribution in [1.29, 1.82) is 0 Å². The summed E-state index contributed by atoms with van der Waals surface area (Å²) in [6.45, 7) is 10.7. The van der Waals surface area contributed by atoms with Crippen LogP contribution in [-0.4, -0.2) is 57.4 Å². The zero-order valence-electron chi connectivity index (χ0n) is 16.2. The van der Waals surface area contributed by atoms with Gasteiger partial charge in [0.1, 0.15) is 0 Å². The van der Waals surface area contributed by atoms with E-state index in [0.717, 1.165) is 40.8 Å². The van der Waals surface area contributed by atoms with Gasteiger partial charge in [-0.15, -0.1) is 0 Å². The molecule has 0 fully saturated rings. The van der Waals surface area contributed by atoms with E-state index in [1.165, 1.54) is 0 Å². The molecule has 0 aliphatic heterocycles. The van der Waals surface area contributed by atoms with Gasteiger partial charge in [0.05, 0.1) is 0 Å². The lowest BCUT2D eigenvalue weighted by Gasteiger charge is -1.86. The van der Waals surface area contributed by atoms with E-state index < -0.39 is 23.9 Å². The molecule has 0 saturated heterocycles. The molecule has 0 spiro atoms. The van der Waals surface area contributed by atoms with Crippen LogP contribution in [0.2, 0.25) is 0 Å². The molecule has 160 valence electrons. The Bertz CT molecular complexity index is 212. The first kappa shape index (κ1) is 57.0. The first-order valence-electron chi connectivity index (χ1n) is 5.83. The van der Waals surface area contributed by atoms with Gasteiger partial charge in [-0.2, -0.15) is 0 Å². The van der Waals surface area contributed by atoms with Crippen LogP contribution in [0.15, 0.2) is 0 Å². The van der Waals surface area contributed by atoms with Crippen LogP contribution in [0.3, 0.4) is 0 Å². The van der Waals surface area contributed by atoms with Gasteiger partial charge >= 0.3 is 0 Å². The van der Waals surface area contributed by atoms with Gasteiger partial charge in [-0.05, 0) is 13.1 Å². The standard InChI is InChI=1S/C4H11N.4C2H4O2.4H3N/c1-3-5-4-2;4*1-2(3)4;;;;/h5H,3-4H2,1-2H3;4*1H3,(H,3,4);4*1H3. The quantitative estimate of drug-likeness (QED) is 0.328. The second-order valence-corrected chi connectivity index (χ2v) is 3.03. The van der Waals surface area contributed by atoms with E-state index in [0.29, 0.717) is 0 Å². The van der Waals surface area contributed by atoms with Gasteiger partial charge in [0.15, 0.2) is 0 Å². The van der Waals surface area contributed by atoms with Crippen molar-refractivity contribution in [3.8, 4) is 0 Å². The molecular formula is C12H39N5O8. The van der Waals surface area contributed by atoms with E-state index in [1.54, 1.807) is 0 Å². The number of carboxylic acid groups (broad SMARTS) is 4. The molecule has 0 heterocycles. The molecule has 13 nitrogen and oxygen atoms in total. The molecule has 0 radical (unpaired) electrons. The van der Waals surface area contributed by atoms with Crippen molar-refractivity contribution in [2.45, 2.75) is 41.5 Å². The van der Waals surface area contributed by atoms with Crippen molar-refractivity contribution in [1.82, 2.24) is 29.9 Å². The summed E-state index contributed by atoms with van der Waals surface area (Å²) in [5, 5.41) is 32.8. The van der Waals surface area contributed by atoms with Gasteiger partial charge in [0.2, 0.25) is 0 Å². The lowest BCUT2D eigenvalue weighted by molar-refractivity contribution is -0.135. The van der Waals surface area contributed by atoms with Crippen LogP contribution in [0.5, 0.6) is 0 Å². The van der Waals surface area contributed by atoms with Crippen molar-refractivity contribution >= 4 is 23.9 Å². The lowest BCUT2D eigenvalue weighted by atomic mass is 10.7. The third kappa shape index (κ3) is 82000. The fourth-order valence-electron chi connectivity index (χ4n) is 0.250. The Morgan fingerprint density at radius 3 is 0.640 bits per heavy atom. The molecular weight excluding hydrogens is 342 g/mol. The summed E-state index contributed by atoms with van der Waals surface area (Å²) in [4.78, 5) is 36.0. The van der Waals surface area contributed by atoms with Crippen molar-refractivity contribution in [3.63, 3.8) is 0 Å². The molecule has 0 aromatic heterocycles. The number of carbonyl (C=O) groups is 4. The topological polar surface area (TPSA) is 301 Å². The Balaban J connectivity index is -0.0000000176. The lowest BCUT2D eigenvalue weighted by Crippen LogP contribution is -2.09. The van der Waals surface area contributed by atoms with Gasteiger partial charge in [-0.1, -0.05) is 13.8 Å². The summed E-state index contributed by atoms with van der Waals surface area (Å²) in [6, 6.07) is 0. The average molecular weight is 381 g/mol. The molecule has 0 atom stereocenters. The fraction of sp³-hybridized carbons (Fsp3) is 0.667. The molecule has 0 aromatic carbocycles. The van der Waals surface area contributed by atoms with Crippen LogP contribution in [-0.2, 0) is 19.2 Å². The van der Waals surface area contributed by atoms with Crippen LogP contribution in [0, 0.1) is 0 Å². The Kier molecular flexibility index (Phi) is 131. The molecule has 0 saturated carbocycles. The summed E-state index contributed by atoms with van der Waals surface area (Å²) in [6.07, 6.45) is 0. The molecule has 0 unspecified atom stereocenters. The van der Waals surface area contributed by atoms with Crippen molar-refractivity contribution in [3.05, 3.63) is 0 Å². The van der Waals surface area contributed by atoms with E-state index in [9.17, 15) is 0 Å². The maximum Gasteiger partial charge on any atom is 0.300 e. The SMILES string of the molecule is CC(=O)O.CC(=O)O.CC(=O)O.CC(=O)O.CCNCC.N.N.N.N. The summed E-state index contributed by atoms with van der Waals surface area (Å²) in [5.74, 6) is -3.33. The number of nitrogens with one attached hydrogen (secondary N) is 1. The van der Waals surface area contributed by atoms with E-state index >= 15 is 0 Å². The van der Waals surface area contributed by atoms with Gasteiger partial charge in [-0.25, -0.2) is 0 Å². The molecule has 0 bridgehead atoms. The third-order valence-corrected chi connectivity index (χ3v) is 0.500. The minimum Gasteiger partial charge on any atom is -0.481 e. The van der Waals surface area contributed by atoms with Crippen molar-refractivity contribution in [2.24, 2.45) is 0 Å². The van der Waals surface area contributed by atoms with Crippen LogP contribution in [0.1, 0.15) is 41.5 Å². The predicted octanol–water partition coefficient (Wildman–Crippen LogP) is 1.63. The van der Waals surface area contributed by atoms with Crippen LogP contribution < -0.4 is 29.9 Å². The Morgan fingerprint density at radius 2 is 0.640 bits per heavy atom. The van der Waals surface area contributed by atoms with Gasteiger partial charge < -0.3 is 50.3 Å². The highest BCUT2D eigenvalue weighted by atomic mass is 16.4. The Labute approximate surface area is 149 Å². The van der Waals surface area contributed by atoms with Crippen LogP contribution >= 0.6 is 0 Å². The van der Waals surface area contributed by atoms with Crippen LogP contribution in [0.25, 0.3) is 0 Å². The summed E-state index contributed by atoms with van der Waals surface area (Å²) in [5.41, 5.74) is 0. The maximum absolute atomic E-state index is 9.00. The number of aliphatic carboxylic acids is 4. The highest BCUT2D eigenvalue weighted by Gasteiger charge is 1.66. The van der Waals surface area contributed by atoms with Crippen molar-refractivity contribution < 1.29 is 39.6 Å². The molecule has 13 heteroatoms. The summed E-state index contributed by atoms with van der Waals surface area (Å²) < 4.78 is 0. The zero-order chi connectivity index (χ0) is 18.4. The number of hydrogen-bond acceptors (Lipinski definition) is 9. The average Bonchev–Trinajstić information content (AvgIpc) is 2.14. The smallest absolute Gasteiger partial charge is 0.300 e. The van der Waals surface area contributed by atoms with E-state index in [4.69, 9.17) is 39.6 Å². The Hall–Kier alpha value is -2.32. The summed E-state index contributed by atoms with van der Waals surface area (Å²) >= 11 is 0. The molecule has 0 aromatic rings. The molecule has 0 aliphatic rings. The van der Waals surface area contributed by atoms with Gasteiger partial charge in [0, 0.05) is 27.7 Å². The number of hydrogen-bond donors (Lipinski definition) is 9. The van der Waals surface area contributed by atoms with E-state index in [2.05, 4.69) is 19.2 Å². The first-order chi connectivity index (χ1) is 9.34. The normalized spacial score (nSPS) is 5.68. The second kappa shape index (κ2) is 57.7. The molecule has 17 N–H and O–H groups in total. The molecule has 25 heavy (non-hydrogen) atoms. The minimum absolute atomic E-state index is 0. The monoisotopic (exact) mass is 381 g/mol. The third-order valence-electron chi connectivity index (χ3n) is 0.500. The fourth-order valence-corrected chi connectivity index (χ4v) is 0.250. The predicted molar refractivity (Wildman–Crippen MR) is 97.5 cm³/mol. The number of carboxylic acids is 4. The van der Waals surface area contributed by atoms with Crippen LogP contribution in [0.4, 0.5) is 0 Å². The van der Waals surface area contributed by atoms with E-state index in [-0.39, 0.29) is 24.6 Å². The maximum atomic E-state index is 9.00. The number of rotatable bonds is 2. The largest absolute Gasteiger partial charge is 0.481 e. The second-order valence-electron chi connectivity index (χ2n) is 3.03. The highest BCUT2D eigenvalue weighted by Crippen LogP contribution is 1.47. The Morgan fingerprint density at radius 1 is 0.560 bits per heavy atom. The van der Waals surface area contributed by atoms with Gasteiger partial charge in [-0.3, -0.25) is 19.2 Å². The molecule has 0 aliphatic carbocycles. The molecule has 0 amide bonds. The zero-order valence-corrected chi connectivity index (χ0v) is 16.2. The van der Waals surface area contributed by atoms with E-state index in [1.807, 2.05) is 0 Å². The molecule has 0 rings (SSSR count). The first-order valence-corrected chi connectivity index (χ1v) is 5.83. The van der Waals surface area contributed by atoms with Gasteiger partial charge in [0.25, 0.3) is 23.9 Å².